The zero-order chi connectivity index (χ0) is 36.1. The number of amides is 1. The fraction of sp³-hybridized carbons (Fsp3) is 0.711. The standard InChI is InChI=1S/C27H42FN7O2.C9H14O.C2H6/c1-19(6-7-27(8-9-27)20(2)28)23-18-35-26(30-23)31-24(34-13-11-33(12-14-34)15-16-37-3)22(32-35)17-21-5-4-10-29-25(21)36;1-5-6-8(4)9(10)7(2)3;1-2/h18-21H,4-17H2,1-3H3,(H,29,36);5-7H,1H2,2-4H3;1-2H3/b;8-6+;/t19?,20?,21-;;/m1../s1. The van der Waals surface area contributed by atoms with E-state index in [0.29, 0.717) is 12.2 Å². The molecule has 10 nitrogen and oxygen atoms in total. The number of carbonyl (C=O) groups excluding carboxylic acids is 2. The van der Waals surface area contributed by atoms with Gasteiger partial charge in [0.1, 0.15) is 11.9 Å². The van der Waals surface area contributed by atoms with E-state index in [4.69, 9.17) is 19.8 Å². The Hall–Kier alpha value is -3.18. The maximum Gasteiger partial charge on any atom is 0.252 e. The lowest BCUT2D eigenvalue weighted by Crippen LogP contribution is -2.48. The molecule has 4 heterocycles. The number of hydrogen-bond acceptors (Lipinski definition) is 8. The smallest absolute Gasteiger partial charge is 0.252 e. The number of carbonyl (C=O) groups is 2. The average molecular weight is 684 g/mol. The fourth-order valence-electron chi connectivity index (χ4n) is 6.53. The van der Waals surface area contributed by atoms with Crippen LogP contribution in [0.2, 0.25) is 0 Å². The molecule has 1 aliphatic carbocycles. The van der Waals surface area contributed by atoms with E-state index in [2.05, 4.69) is 28.6 Å². The van der Waals surface area contributed by atoms with Gasteiger partial charge in [0.25, 0.3) is 5.78 Å². The Balaban J connectivity index is 0.000000468. The van der Waals surface area contributed by atoms with Crippen molar-refractivity contribution in [2.75, 3.05) is 57.9 Å². The molecule has 2 aromatic heterocycles. The van der Waals surface area contributed by atoms with Gasteiger partial charge >= 0.3 is 0 Å². The maximum absolute atomic E-state index is 14.1. The van der Waals surface area contributed by atoms with Gasteiger partial charge in [-0.05, 0) is 57.9 Å². The van der Waals surface area contributed by atoms with Gasteiger partial charge in [0, 0.05) is 76.0 Å². The van der Waals surface area contributed by atoms with E-state index in [1.54, 1.807) is 30.7 Å². The van der Waals surface area contributed by atoms with Crippen LogP contribution in [0.5, 0.6) is 0 Å². The van der Waals surface area contributed by atoms with Crippen LogP contribution in [-0.4, -0.2) is 95.3 Å². The number of imidazole rings is 1. The van der Waals surface area contributed by atoms with Crippen molar-refractivity contribution in [3.63, 3.8) is 0 Å². The second-order valence-corrected chi connectivity index (χ2v) is 14.0. The quantitative estimate of drug-likeness (QED) is 0.181. The van der Waals surface area contributed by atoms with Gasteiger partial charge in [-0.1, -0.05) is 53.3 Å². The zero-order valence-electron chi connectivity index (χ0n) is 31.4. The minimum Gasteiger partial charge on any atom is -0.383 e. The number of nitrogens with zero attached hydrogens (tertiary/aromatic N) is 6. The molecule has 2 saturated heterocycles. The lowest BCUT2D eigenvalue weighted by Gasteiger charge is -2.36. The molecule has 49 heavy (non-hydrogen) atoms. The molecule has 1 saturated carbocycles. The van der Waals surface area contributed by atoms with Crippen molar-refractivity contribution < 1.29 is 18.7 Å². The van der Waals surface area contributed by atoms with Gasteiger partial charge in [0.05, 0.1) is 18.5 Å². The first-order valence-corrected chi connectivity index (χ1v) is 18.5. The number of Topliss-reactive ketones (excluding diaryl/α,β-unsaturated/α-hetero) is 1. The molecule has 0 bridgehead atoms. The topological polar surface area (TPSA) is 105 Å². The van der Waals surface area contributed by atoms with Crippen LogP contribution in [0.4, 0.5) is 10.2 Å². The second kappa shape index (κ2) is 19.3. The molecule has 0 radical (unpaired) electrons. The highest BCUT2D eigenvalue weighted by Gasteiger charge is 2.47. The Kier molecular flexibility index (Phi) is 15.8. The summed E-state index contributed by atoms with van der Waals surface area (Å²) in [7, 11) is 1.74. The molecule has 2 aliphatic heterocycles. The molecule has 2 unspecified atom stereocenters. The van der Waals surface area contributed by atoms with E-state index >= 15 is 0 Å². The number of allylic oxidation sites excluding steroid dienone is 3. The molecule has 274 valence electrons. The number of piperidine rings is 1. The number of piperazine rings is 1. The molecule has 11 heteroatoms. The second-order valence-electron chi connectivity index (χ2n) is 14.0. The Bertz CT molecular complexity index is 1390. The molecule has 5 rings (SSSR count). The lowest BCUT2D eigenvalue weighted by atomic mass is 9.90. The average Bonchev–Trinajstić information content (AvgIpc) is 3.79. The molecule has 3 atom stereocenters. The van der Waals surface area contributed by atoms with E-state index in [0.717, 1.165) is 107 Å². The van der Waals surface area contributed by atoms with Crippen LogP contribution in [0.25, 0.3) is 5.78 Å². The number of alkyl halides is 1. The molecule has 2 aromatic rings. The van der Waals surface area contributed by atoms with E-state index < -0.39 is 6.17 Å². The fourth-order valence-corrected chi connectivity index (χ4v) is 6.53. The van der Waals surface area contributed by atoms with E-state index in [1.807, 2.05) is 40.8 Å². The van der Waals surface area contributed by atoms with Crippen LogP contribution in [-0.2, 0) is 20.7 Å². The summed E-state index contributed by atoms with van der Waals surface area (Å²) >= 11 is 0. The summed E-state index contributed by atoms with van der Waals surface area (Å²) in [5.41, 5.74) is 2.48. The number of methoxy groups -OCH3 is 1. The number of rotatable bonds is 14. The van der Waals surface area contributed by atoms with Gasteiger partial charge < -0.3 is 15.0 Å². The molecule has 0 aromatic carbocycles. The van der Waals surface area contributed by atoms with Crippen LogP contribution in [0.3, 0.4) is 0 Å². The third kappa shape index (κ3) is 11.2. The largest absolute Gasteiger partial charge is 0.383 e. The van der Waals surface area contributed by atoms with E-state index in [-0.39, 0.29) is 34.9 Å². The summed E-state index contributed by atoms with van der Waals surface area (Å²) in [5, 5.41) is 7.98. The Morgan fingerprint density at radius 1 is 1.16 bits per heavy atom. The van der Waals surface area contributed by atoms with Crippen molar-refractivity contribution in [3.05, 3.63) is 41.9 Å². The van der Waals surface area contributed by atoms with Crippen LogP contribution >= 0.6 is 0 Å². The zero-order valence-corrected chi connectivity index (χ0v) is 31.4. The minimum absolute atomic E-state index is 0.0819. The molecule has 1 N–H and O–H groups in total. The Morgan fingerprint density at radius 3 is 2.43 bits per heavy atom. The maximum atomic E-state index is 14.1. The van der Waals surface area contributed by atoms with Crippen molar-refractivity contribution in [2.45, 2.75) is 106 Å². The number of aromatic nitrogens is 4. The molecule has 1 amide bonds. The Labute approximate surface area is 294 Å². The number of hydrogen-bond donors (Lipinski definition) is 1. The van der Waals surface area contributed by atoms with Crippen molar-refractivity contribution in [1.82, 2.24) is 29.8 Å². The van der Waals surface area contributed by atoms with E-state index in [1.165, 1.54) is 0 Å². The first-order valence-electron chi connectivity index (χ1n) is 18.5. The molecular weight excluding hydrogens is 621 g/mol. The monoisotopic (exact) mass is 683 g/mol. The summed E-state index contributed by atoms with van der Waals surface area (Å²) in [5.74, 6) is 1.97. The predicted octanol–water partition coefficient (Wildman–Crippen LogP) is 6.35. The minimum atomic E-state index is -0.749. The highest BCUT2D eigenvalue weighted by Crippen LogP contribution is 2.54. The molecule has 0 spiro atoms. The van der Waals surface area contributed by atoms with Crippen molar-refractivity contribution in [1.29, 1.82) is 0 Å². The number of anilines is 1. The third-order valence-corrected chi connectivity index (χ3v) is 10.1. The SMILES string of the molecule is C=C/C=C(\C)C(=O)C(C)C.CC.COCCN1CCN(c2nc3nc(C(C)CCC4(C(C)F)CC4)cn3nc2C[C@H]2CCCNC2=O)CC1. The predicted molar refractivity (Wildman–Crippen MR) is 196 cm³/mol. The first kappa shape index (κ1) is 40.3. The van der Waals surface area contributed by atoms with Gasteiger partial charge in [-0.25, -0.2) is 13.9 Å². The van der Waals surface area contributed by atoms with Crippen LogP contribution in [0, 0.1) is 17.3 Å². The number of ether oxygens (including phenoxy) is 1. The summed E-state index contributed by atoms with van der Waals surface area (Å²) in [4.78, 5) is 38.2. The van der Waals surface area contributed by atoms with Crippen LogP contribution < -0.4 is 10.2 Å². The number of nitrogens with one attached hydrogen (secondary N) is 1. The highest BCUT2D eigenvalue weighted by atomic mass is 19.1. The van der Waals surface area contributed by atoms with Gasteiger partial charge in [0.2, 0.25) is 5.91 Å². The number of fused-ring (bicyclic) bond motifs is 1. The van der Waals surface area contributed by atoms with Crippen molar-refractivity contribution in [2.24, 2.45) is 17.3 Å². The van der Waals surface area contributed by atoms with Crippen molar-refractivity contribution in [3.8, 4) is 0 Å². The van der Waals surface area contributed by atoms with Gasteiger partial charge in [0.15, 0.2) is 11.6 Å². The summed E-state index contributed by atoms with van der Waals surface area (Å²) in [6.07, 6.45) is 10.8. The molecular formula is C38H62FN7O3. The van der Waals surface area contributed by atoms with E-state index in [9.17, 15) is 14.0 Å². The van der Waals surface area contributed by atoms with Crippen LogP contribution in [0.1, 0.15) is 104 Å². The van der Waals surface area contributed by atoms with Gasteiger partial charge in [-0.3, -0.25) is 14.5 Å². The number of halogens is 1. The summed E-state index contributed by atoms with van der Waals surface area (Å²) < 4.78 is 21.1. The summed E-state index contributed by atoms with van der Waals surface area (Å²) in [6.45, 7) is 22.9. The third-order valence-electron chi connectivity index (χ3n) is 10.1. The Morgan fingerprint density at radius 2 is 1.86 bits per heavy atom. The highest BCUT2D eigenvalue weighted by molar-refractivity contribution is 5.96. The van der Waals surface area contributed by atoms with Gasteiger partial charge in [-0.2, -0.15) is 10.1 Å². The van der Waals surface area contributed by atoms with Gasteiger partial charge in [-0.15, -0.1) is 0 Å². The number of ketones is 1. The normalized spacial score (nSPS) is 20.4. The van der Waals surface area contributed by atoms with Crippen LogP contribution in [0.15, 0.2) is 30.5 Å². The van der Waals surface area contributed by atoms with Crippen molar-refractivity contribution >= 4 is 23.3 Å². The summed E-state index contributed by atoms with van der Waals surface area (Å²) in [6, 6.07) is 0. The molecule has 3 fully saturated rings. The first-order chi connectivity index (χ1) is 23.5. The molecule has 3 aliphatic rings. The lowest BCUT2D eigenvalue weighted by molar-refractivity contribution is -0.126.